The van der Waals surface area contributed by atoms with Crippen LogP contribution in [0.1, 0.15) is 24.6 Å². The molecule has 0 bridgehead atoms. The standard InChI is InChI=1S/C21H20N4O4S2/c1-2-27-14-7-5-13(6-8-14)23-19-16(11-22)24-18(29-19)10-17-20(26)25(21(30)31-17)12-15-4-3-9-28-15/h5-8,10,15,26H,2-4,9,12H2,1H3/b18-10+,23-19?. The van der Waals surface area contributed by atoms with E-state index < -0.39 is 0 Å². The lowest BCUT2D eigenvalue weighted by atomic mass is 10.2. The van der Waals surface area contributed by atoms with Gasteiger partial charge >= 0.3 is 0 Å². The Morgan fingerprint density at radius 1 is 1.45 bits per heavy atom. The Kier molecular flexibility index (Phi) is 6.46. The number of hydrogen-bond donors (Lipinski definition) is 1. The molecule has 160 valence electrons. The van der Waals surface area contributed by atoms with Crippen LogP contribution in [0.2, 0.25) is 0 Å². The van der Waals surface area contributed by atoms with E-state index in [0.717, 1.165) is 25.2 Å². The molecule has 3 heterocycles. The van der Waals surface area contributed by atoms with Crippen LogP contribution in [0.3, 0.4) is 0 Å². The van der Waals surface area contributed by atoms with Crippen LogP contribution in [0.4, 0.5) is 5.69 Å². The molecule has 1 saturated heterocycles. The normalized spacial score (nSPS) is 20.6. The lowest BCUT2D eigenvalue weighted by Crippen LogP contribution is -2.14. The van der Waals surface area contributed by atoms with Gasteiger partial charge in [-0.1, -0.05) is 0 Å². The van der Waals surface area contributed by atoms with Crippen molar-refractivity contribution in [2.24, 2.45) is 9.98 Å². The summed E-state index contributed by atoms with van der Waals surface area (Å²) in [4.78, 5) is 9.04. The van der Waals surface area contributed by atoms with Gasteiger partial charge in [0.1, 0.15) is 11.8 Å². The smallest absolute Gasteiger partial charge is 0.258 e. The second-order valence-electron chi connectivity index (χ2n) is 6.80. The van der Waals surface area contributed by atoms with E-state index >= 15 is 0 Å². The second-order valence-corrected chi connectivity index (χ2v) is 8.48. The molecule has 2 aliphatic rings. The van der Waals surface area contributed by atoms with Crippen LogP contribution in [-0.2, 0) is 16.0 Å². The molecule has 1 aromatic heterocycles. The van der Waals surface area contributed by atoms with Gasteiger partial charge in [-0.3, -0.25) is 4.57 Å². The molecule has 0 saturated carbocycles. The molecule has 4 rings (SSSR count). The van der Waals surface area contributed by atoms with Gasteiger partial charge in [-0.25, -0.2) is 4.99 Å². The number of aliphatic imine (C=N–C) groups is 2. The number of aromatic hydroxyl groups is 1. The molecule has 10 heteroatoms. The van der Waals surface area contributed by atoms with Gasteiger partial charge in [-0.05, 0) is 56.2 Å². The summed E-state index contributed by atoms with van der Waals surface area (Å²) in [5.74, 6) is 1.03. The number of benzene rings is 1. The minimum absolute atomic E-state index is 0.0345. The number of hydrogen-bond acceptors (Lipinski definition) is 9. The highest BCUT2D eigenvalue weighted by Crippen LogP contribution is 2.31. The van der Waals surface area contributed by atoms with E-state index in [0.29, 0.717) is 27.7 Å². The maximum atomic E-state index is 10.6. The van der Waals surface area contributed by atoms with Gasteiger partial charge in [0.25, 0.3) is 5.90 Å². The molecule has 2 aromatic rings. The molecule has 0 radical (unpaired) electrons. The van der Waals surface area contributed by atoms with Crippen LogP contribution < -0.4 is 4.74 Å². The molecule has 2 aliphatic heterocycles. The first kappa shape index (κ1) is 21.2. The Morgan fingerprint density at radius 3 is 2.94 bits per heavy atom. The molecule has 0 amide bonds. The fourth-order valence-electron chi connectivity index (χ4n) is 3.21. The molecule has 1 unspecified atom stereocenters. The molecular formula is C21H20N4O4S2. The Labute approximate surface area is 188 Å². The number of nitrogens with zero attached hydrogens (tertiary/aromatic N) is 4. The van der Waals surface area contributed by atoms with E-state index in [-0.39, 0.29) is 29.5 Å². The first-order valence-corrected chi connectivity index (χ1v) is 11.0. The highest BCUT2D eigenvalue weighted by molar-refractivity contribution is 7.73. The minimum atomic E-state index is 0.0345. The van der Waals surface area contributed by atoms with Crippen molar-refractivity contribution in [3.8, 4) is 17.7 Å². The number of rotatable bonds is 6. The zero-order valence-electron chi connectivity index (χ0n) is 16.8. The molecule has 0 spiro atoms. The SMILES string of the molecule is CCOc1ccc(N=C2O/C(=C/c3sc(=S)n(CC4CCCO4)c3O)N=C2C#N)cc1. The quantitative estimate of drug-likeness (QED) is 0.638. The van der Waals surface area contributed by atoms with Crippen LogP contribution in [0.5, 0.6) is 11.6 Å². The summed E-state index contributed by atoms with van der Waals surface area (Å²) in [6.45, 7) is 3.72. The summed E-state index contributed by atoms with van der Waals surface area (Å²) >= 11 is 6.64. The molecule has 1 N–H and O–H groups in total. The Hall–Kier alpha value is -3.00. The average Bonchev–Trinajstić information content (AvgIpc) is 3.47. The molecule has 1 aromatic carbocycles. The van der Waals surface area contributed by atoms with E-state index in [1.54, 1.807) is 34.9 Å². The van der Waals surface area contributed by atoms with Crippen molar-refractivity contribution in [2.75, 3.05) is 13.2 Å². The maximum Gasteiger partial charge on any atom is 0.258 e. The van der Waals surface area contributed by atoms with Crippen molar-refractivity contribution in [1.82, 2.24) is 4.57 Å². The summed E-state index contributed by atoms with van der Waals surface area (Å²) < 4.78 is 18.9. The predicted molar refractivity (Wildman–Crippen MR) is 121 cm³/mol. The van der Waals surface area contributed by atoms with E-state index in [1.807, 2.05) is 13.0 Å². The van der Waals surface area contributed by atoms with Crippen LogP contribution in [-0.4, -0.2) is 40.6 Å². The van der Waals surface area contributed by atoms with Gasteiger partial charge in [0.15, 0.2) is 3.95 Å². The summed E-state index contributed by atoms with van der Waals surface area (Å²) in [5, 5.41) is 20.0. The van der Waals surface area contributed by atoms with E-state index in [2.05, 4.69) is 9.98 Å². The van der Waals surface area contributed by atoms with Gasteiger partial charge in [0.2, 0.25) is 17.5 Å². The monoisotopic (exact) mass is 456 g/mol. The topological polar surface area (TPSA) is 101 Å². The minimum Gasteiger partial charge on any atom is -0.494 e. The zero-order chi connectivity index (χ0) is 21.8. The van der Waals surface area contributed by atoms with Crippen LogP contribution in [0, 0.1) is 15.3 Å². The molecular weight excluding hydrogens is 436 g/mol. The third kappa shape index (κ3) is 4.85. The number of ether oxygens (including phenoxy) is 3. The van der Waals surface area contributed by atoms with Crippen molar-refractivity contribution in [3.05, 3.63) is 39.0 Å². The van der Waals surface area contributed by atoms with Crippen molar-refractivity contribution >= 4 is 46.9 Å². The van der Waals surface area contributed by atoms with Crippen LogP contribution in [0.15, 0.2) is 40.1 Å². The highest BCUT2D eigenvalue weighted by atomic mass is 32.1. The first-order valence-electron chi connectivity index (χ1n) is 9.82. The molecule has 1 fully saturated rings. The third-order valence-electron chi connectivity index (χ3n) is 4.67. The summed E-state index contributed by atoms with van der Waals surface area (Å²) in [6, 6.07) is 9.10. The molecule has 1 atom stereocenters. The summed E-state index contributed by atoms with van der Waals surface area (Å²) in [5.41, 5.74) is 0.658. The van der Waals surface area contributed by atoms with E-state index in [9.17, 15) is 10.4 Å². The highest BCUT2D eigenvalue weighted by Gasteiger charge is 2.24. The molecule has 8 nitrogen and oxygen atoms in total. The zero-order valence-corrected chi connectivity index (χ0v) is 18.4. The Morgan fingerprint density at radius 2 is 2.26 bits per heavy atom. The van der Waals surface area contributed by atoms with Crippen LogP contribution >= 0.6 is 23.6 Å². The maximum absolute atomic E-state index is 10.6. The first-order chi connectivity index (χ1) is 15.1. The number of aromatic nitrogens is 1. The third-order valence-corrected chi connectivity index (χ3v) is 6.05. The fourth-order valence-corrected chi connectivity index (χ4v) is 4.46. The Bertz CT molecular complexity index is 1150. The molecule has 0 aliphatic carbocycles. The summed E-state index contributed by atoms with van der Waals surface area (Å²) in [7, 11) is 0. The van der Waals surface area contributed by atoms with Crippen molar-refractivity contribution in [1.29, 1.82) is 5.26 Å². The largest absolute Gasteiger partial charge is 0.494 e. The number of nitriles is 1. The fraction of sp³-hybridized carbons (Fsp3) is 0.333. The van der Waals surface area contributed by atoms with E-state index in [1.165, 1.54) is 11.3 Å². The molecule has 31 heavy (non-hydrogen) atoms. The van der Waals surface area contributed by atoms with Gasteiger partial charge in [0, 0.05) is 12.7 Å². The van der Waals surface area contributed by atoms with Gasteiger partial charge in [-0.2, -0.15) is 10.3 Å². The Balaban J connectivity index is 1.55. The van der Waals surface area contributed by atoms with Crippen molar-refractivity contribution < 1.29 is 19.3 Å². The lowest BCUT2D eigenvalue weighted by Gasteiger charge is -2.10. The van der Waals surface area contributed by atoms with Gasteiger partial charge in [-0.15, -0.1) is 11.3 Å². The average molecular weight is 457 g/mol. The summed E-state index contributed by atoms with van der Waals surface area (Å²) in [6.07, 6.45) is 3.56. The number of thiazole rings is 1. The van der Waals surface area contributed by atoms with Gasteiger partial charge in [0.05, 0.1) is 29.8 Å². The van der Waals surface area contributed by atoms with Crippen molar-refractivity contribution in [3.63, 3.8) is 0 Å². The van der Waals surface area contributed by atoms with Gasteiger partial charge < -0.3 is 19.3 Å². The van der Waals surface area contributed by atoms with Crippen LogP contribution in [0.25, 0.3) is 6.08 Å². The van der Waals surface area contributed by atoms with E-state index in [4.69, 9.17) is 26.4 Å². The van der Waals surface area contributed by atoms with Crippen molar-refractivity contribution in [2.45, 2.75) is 32.4 Å². The lowest BCUT2D eigenvalue weighted by molar-refractivity contribution is 0.0948. The second kappa shape index (κ2) is 9.43. The predicted octanol–water partition coefficient (Wildman–Crippen LogP) is 4.59.